The highest BCUT2D eigenvalue weighted by molar-refractivity contribution is 5.99. The first-order valence-electron chi connectivity index (χ1n) is 10.3. The molecule has 1 amide bonds. The summed E-state index contributed by atoms with van der Waals surface area (Å²) in [5, 5.41) is 8.52. The van der Waals surface area contributed by atoms with E-state index in [-0.39, 0.29) is 29.4 Å². The first kappa shape index (κ1) is 19.9. The van der Waals surface area contributed by atoms with Crippen LogP contribution in [-0.2, 0) is 4.79 Å². The van der Waals surface area contributed by atoms with Crippen molar-refractivity contribution in [1.82, 2.24) is 9.88 Å². The Morgan fingerprint density at radius 1 is 1.07 bits per heavy atom. The number of carbonyl (C=O) groups is 2. The van der Waals surface area contributed by atoms with Crippen molar-refractivity contribution in [3.05, 3.63) is 71.4 Å². The second-order valence-corrected chi connectivity index (χ2v) is 7.99. The van der Waals surface area contributed by atoms with Crippen molar-refractivity contribution >= 4 is 28.4 Å². The summed E-state index contributed by atoms with van der Waals surface area (Å²) in [5.41, 5.74) is 8.75. The molecule has 154 valence electrons. The Labute approximate surface area is 175 Å². The van der Waals surface area contributed by atoms with Gasteiger partial charge in [-0.25, -0.2) is 0 Å². The van der Waals surface area contributed by atoms with Gasteiger partial charge in [0.05, 0.1) is 5.92 Å². The summed E-state index contributed by atoms with van der Waals surface area (Å²) in [5.74, 6) is -0.0623. The number of hydrogen-bond acceptors (Lipinski definition) is 3. The van der Waals surface area contributed by atoms with E-state index in [9.17, 15) is 9.59 Å². The normalized spacial score (nSPS) is 15.8. The van der Waals surface area contributed by atoms with E-state index in [1.165, 1.54) is 0 Å². The number of nitrogens with two attached hydrogens (primary N) is 1. The summed E-state index contributed by atoms with van der Waals surface area (Å²) in [6.07, 6.45) is 1.39. The number of aromatic amines is 1. The number of piperidine rings is 1. The molecule has 4 rings (SSSR count). The fraction of sp³-hybridized carbons (Fsp3) is 0.292. The van der Waals surface area contributed by atoms with Crippen LogP contribution in [0.2, 0.25) is 0 Å². The Bertz CT molecular complexity index is 1090. The Morgan fingerprint density at radius 3 is 2.43 bits per heavy atom. The highest BCUT2D eigenvalue weighted by Crippen LogP contribution is 2.27. The summed E-state index contributed by atoms with van der Waals surface area (Å²) >= 11 is 0. The van der Waals surface area contributed by atoms with E-state index < -0.39 is 0 Å². The molecule has 6 nitrogen and oxygen atoms in total. The Morgan fingerprint density at radius 2 is 1.77 bits per heavy atom. The van der Waals surface area contributed by atoms with Crippen molar-refractivity contribution in [3.63, 3.8) is 0 Å². The molecule has 6 heteroatoms. The number of nitrogen functional groups attached to an aromatic ring is 1. The second kappa shape index (κ2) is 8.14. The van der Waals surface area contributed by atoms with Crippen LogP contribution in [0.15, 0.2) is 54.6 Å². The molecular formula is C24H26N4O2. The van der Waals surface area contributed by atoms with Crippen molar-refractivity contribution in [3.8, 4) is 0 Å². The molecule has 1 unspecified atom stereocenters. The largest absolute Gasteiger partial charge is 0.384 e. The summed E-state index contributed by atoms with van der Waals surface area (Å²) in [6, 6.07) is 16.9. The smallest absolute Gasteiger partial charge is 0.231 e. The van der Waals surface area contributed by atoms with Gasteiger partial charge in [0.1, 0.15) is 5.84 Å². The average Bonchev–Trinajstić information content (AvgIpc) is 3.21. The maximum Gasteiger partial charge on any atom is 0.231 e. The number of amidine groups is 1. The molecule has 1 aliphatic rings. The predicted molar refractivity (Wildman–Crippen MR) is 118 cm³/mol. The Hall–Kier alpha value is -3.41. The molecule has 0 saturated carbocycles. The lowest BCUT2D eigenvalue weighted by molar-refractivity contribution is -0.133. The van der Waals surface area contributed by atoms with Crippen LogP contribution in [0.4, 0.5) is 0 Å². The predicted octanol–water partition coefficient (Wildman–Crippen LogP) is 3.68. The molecule has 30 heavy (non-hydrogen) atoms. The van der Waals surface area contributed by atoms with Gasteiger partial charge < -0.3 is 15.6 Å². The molecule has 2 aromatic carbocycles. The third kappa shape index (κ3) is 3.85. The van der Waals surface area contributed by atoms with E-state index in [1.807, 2.05) is 60.4 Å². The van der Waals surface area contributed by atoms with Crippen LogP contribution in [0, 0.1) is 11.3 Å². The van der Waals surface area contributed by atoms with Crippen LogP contribution >= 0.6 is 0 Å². The lowest BCUT2D eigenvalue weighted by Gasteiger charge is -2.33. The first-order valence-corrected chi connectivity index (χ1v) is 10.3. The molecule has 1 aromatic heterocycles. The lowest BCUT2D eigenvalue weighted by Crippen LogP contribution is -2.42. The highest BCUT2D eigenvalue weighted by atomic mass is 16.2. The standard InChI is InChI=1S/C24H26N4O2/c1-15(21-14-19-13-18(23(25)26)7-8-20(19)27-21)24(30)28-11-9-17(10-12-28)22(29)16-5-3-2-4-6-16/h2-8,13-15,17,27H,9-12H2,1H3,(H3,25,26). The molecule has 0 radical (unpaired) electrons. The van der Waals surface area contributed by atoms with E-state index >= 15 is 0 Å². The van der Waals surface area contributed by atoms with Crippen LogP contribution in [-0.4, -0.2) is 40.5 Å². The zero-order valence-electron chi connectivity index (χ0n) is 17.0. The van der Waals surface area contributed by atoms with Gasteiger partial charge in [0, 0.05) is 46.7 Å². The number of hydrogen-bond donors (Lipinski definition) is 3. The number of Topliss-reactive ketones (excluding diaryl/α,β-unsaturated/α-hetero) is 1. The fourth-order valence-corrected chi connectivity index (χ4v) is 4.16. The van der Waals surface area contributed by atoms with Gasteiger partial charge in [-0.2, -0.15) is 0 Å². The summed E-state index contributed by atoms with van der Waals surface area (Å²) in [6.45, 7) is 3.10. The quantitative estimate of drug-likeness (QED) is 0.344. The van der Waals surface area contributed by atoms with Crippen LogP contribution in [0.1, 0.15) is 47.3 Å². The Kier molecular flexibility index (Phi) is 5.40. The number of amides is 1. The van der Waals surface area contributed by atoms with Crippen molar-refractivity contribution in [2.75, 3.05) is 13.1 Å². The highest BCUT2D eigenvalue weighted by Gasteiger charge is 2.30. The van der Waals surface area contributed by atoms with Gasteiger partial charge >= 0.3 is 0 Å². The number of fused-ring (bicyclic) bond motifs is 1. The molecule has 2 heterocycles. The van der Waals surface area contributed by atoms with Gasteiger partial charge in [-0.15, -0.1) is 0 Å². The van der Waals surface area contributed by atoms with Crippen molar-refractivity contribution in [1.29, 1.82) is 5.41 Å². The first-order chi connectivity index (χ1) is 14.4. The minimum Gasteiger partial charge on any atom is -0.384 e. The molecule has 0 aliphatic carbocycles. The summed E-state index contributed by atoms with van der Waals surface area (Å²) in [4.78, 5) is 30.9. The van der Waals surface area contributed by atoms with E-state index in [4.69, 9.17) is 11.1 Å². The minimum absolute atomic E-state index is 0.0233. The van der Waals surface area contributed by atoms with E-state index in [1.54, 1.807) is 6.07 Å². The van der Waals surface area contributed by atoms with Gasteiger partial charge in [0.2, 0.25) is 5.91 Å². The Balaban J connectivity index is 1.42. The molecule has 4 N–H and O–H groups in total. The molecule has 1 saturated heterocycles. The lowest BCUT2D eigenvalue weighted by atomic mass is 9.88. The van der Waals surface area contributed by atoms with Crippen LogP contribution in [0.5, 0.6) is 0 Å². The zero-order chi connectivity index (χ0) is 21.3. The maximum atomic E-state index is 13.1. The number of benzene rings is 2. The zero-order valence-corrected chi connectivity index (χ0v) is 17.0. The number of rotatable bonds is 5. The molecular weight excluding hydrogens is 376 g/mol. The number of ketones is 1. The fourth-order valence-electron chi connectivity index (χ4n) is 4.16. The summed E-state index contributed by atoms with van der Waals surface area (Å²) in [7, 11) is 0. The number of aromatic nitrogens is 1. The molecule has 3 aromatic rings. The van der Waals surface area contributed by atoms with Gasteiger partial charge in [0.25, 0.3) is 0 Å². The van der Waals surface area contributed by atoms with Gasteiger partial charge in [0.15, 0.2) is 5.78 Å². The molecule has 1 atom stereocenters. The number of likely N-dealkylation sites (tertiary alicyclic amines) is 1. The van der Waals surface area contributed by atoms with E-state index in [0.717, 1.165) is 22.2 Å². The molecule has 0 spiro atoms. The molecule has 0 bridgehead atoms. The number of H-pyrrole nitrogens is 1. The second-order valence-electron chi connectivity index (χ2n) is 7.99. The van der Waals surface area contributed by atoms with E-state index in [0.29, 0.717) is 31.5 Å². The van der Waals surface area contributed by atoms with Crippen LogP contribution < -0.4 is 5.73 Å². The molecule has 1 fully saturated rings. The molecule has 1 aliphatic heterocycles. The maximum absolute atomic E-state index is 13.1. The topological polar surface area (TPSA) is 103 Å². The van der Waals surface area contributed by atoms with Crippen molar-refractivity contribution in [2.45, 2.75) is 25.7 Å². The van der Waals surface area contributed by atoms with Crippen molar-refractivity contribution in [2.24, 2.45) is 11.7 Å². The van der Waals surface area contributed by atoms with Gasteiger partial charge in [-0.1, -0.05) is 30.3 Å². The van der Waals surface area contributed by atoms with Gasteiger partial charge in [-0.05, 0) is 44.0 Å². The van der Waals surface area contributed by atoms with Crippen molar-refractivity contribution < 1.29 is 9.59 Å². The average molecular weight is 402 g/mol. The number of nitrogens with zero attached hydrogens (tertiary/aromatic N) is 1. The number of carbonyl (C=O) groups excluding carboxylic acids is 2. The van der Waals surface area contributed by atoms with Gasteiger partial charge in [-0.3, -0.25) is 15.0 Å². The third-order valence-corrected chi connectivity index (χ3v) is 6.03. The minimum atomic E-state index is -0.306. The third-order valence-electron chi connectivity index (χ3n) is 6.03. The van der Waals surface area contributed by atoms with Crippen LogP contribution in [0.3, 0.4) is 0 Å². The monoisotopic (exact) mass is 402 g/mol. The summed E-state index contributed by atoms with van der Waals surface area (Å²) < 4.78 is 0. The number of nitrogens with one attached hydrogen (secondary N) is 2. The SMILES string of the molecule is CC(C(=O)N1CCC(C(=O)c2ccccc2)CC1)c1cc2cc(C(=N)N)ccc2[nH]1. The van der Waals surface area contributed by atoms with Crippen LogP contribution in [0.25, 0.3) is 10.9 Å². The van der Waals surface area contributed by atoms with E-state index in [2.05, 4.69) is 4.98 Å².